The van der Waals surface area contributed by atoms with Crippen molar-refractivity contribution in [1.29, 1.82) is 5.26 Å². The van der Waals surface area contributed by atoms with Crippen LogP contribution in [0.3, 0.4) is 0 Å². The number of rotatable bonds is 8. The third-order valence-corrected chi connectivity index (χ3v) is 2.59. The molecule has 0 saturated heterocycles. The Kier molecular flexibility index (Phi) is 7.00. The number of amides is 1. The second kappa shape index (κ2) is 8.82. The van der Waals surface area contributed by atoms with Crippen molar-refractivity contribution in [2.45, 2.75) is 13.3 Å². The van der Waals surface area contributed by atoms with Gasteiger partial charge in [0.05, 0.1) is 19.1 Å². The first-order valence-corrected chi connectivity index (χ1v) is 6.45. The Bertz CT molecular complexity index is 455. The minimum atomic E-state index is -0.243. The molecule has 0 atom stereocenters. The predicted molar refractivity (Wildman–Crippen MR) is 74.2 cm³/mol. The van der Waals surface area contributed by atoms with Gasteiger partial charge >= 0.3 is 0 Å². The van der Waals surface area contributed by atoms with Crippen LogP contribution in [0.4, 0.5) is 5.82 Å². The molecule has 0 saturated carbocycles. The average Bonchev–Trinajstić information content (AvgIpc) is 2.48. The maximum Gasteiger partial charge on any atom is 0.274 e. The molecule has 0 radical (unpaired) electrons. The summed E-state index contributed by atoms with van der Waals surface area (Å²) in [7, 11) is 1.57. The third kappa shape index (κ3) is 4.82. The fourth-order valence-corrected chi connectivity index (χ4v) is 1.59. The topological polar surface area (TPSA) is 91.1 Å². The number of hydrogen-bond acceptors (Lipinski definition) is 6. The van der Waals surface area contributed by atoms with Crippen molar-refractivity contribution in [2.75, 3.05) is 38.7 Å². The van der Waals surface area contributed by atoms with E-state index in [1.165, 1.54) is 0 Å². The van der Waals surface area contributed by atoms with Crippen LogP contribution in [0.5, 0.6) is 0 Å². The van der Waals surface area contributed by atoms with Gasteiger partial charge in [-0.25, -0.2) is 0 Å². The monoisotopic (exact) mass is 277 g/mol. The number of nitriles is 1. The summed E-state index contributed by atoms with van der Waals surface area (Å²) in [5, 5.41) is 19.5. The van der Waals surface area contributed by atoms with Crippen molar-refractivity contribution in [2.24, 2.45) is 0 Å². The molecule has 1 aromatic heterocycles. The quantitative estimate of drug-likeness (QED) is 0.759. The van der Waals surface area contributed by atoms with E-state index in [0.717, 1.165) is 6.54 Å². The molecule has 1 N–H and O–H groups in total. The van der Waals surface area contributed by atoms with Crippen LogP contribution in [0.15, 0.2) is 12.1 Å². The van der Waals surface area contributed by atoms with E-state index in [0.29, 0.717) is 25.5 Å². The largest absolute Gasteiger partial charge is 0.383 e. The minimum Gasteiger partial charge on any atom is -0.383 e. The Labute approximate surface area is 118 Å². The maximum absolute atomic E-state index is 12.3. The van der Waals surface area contributed by atoms with E-state index in [9.17, 15) is 4.79 Å². The molecule has 108 valence electrons. The molecule has 0 fully saturated rings. The van der Waals surface area contributed by atoms with Crippen molar-refractivity contribution in [1.82, 2.24) is 15.1 Å². The molecule has 0 aliphatic rings. The van der Waals surface area contributed by atoms with Crippen molar-refractivity contribution in [3.63, 3.8) is 0 Å². The average molecular weight is 277 g/mol. The van der Waals surface area contributed by atoms with Gasteiger partial charge in [0, 0.05) is 26.7 Å². The van der Waals surface area contributed by atoms with Gasteiger partial charge in [0.25, 0.3) is 5.91 Å². The van der Waals surface area contributed by atoms with Crippen LogP contribution >= 0.6 is 0 Å². The Morgan fingerprint density at radius 1 is 1.45 bits per heavy atom. The van der Waals surface area contributed by atoms with Crippen LogP contribution in [0.2, 0.25) is 0 Å². The number of methoxy groups -OCH3 is 1. The van der Waals surface area contributed by atoms with Gasteiger partial charge in [-0.3, -0.25) is 4.79 Å². The zero-order valence-electron chi connectivity index (χ0n) is 11.8. The lowest BCUT2D eigenvalue weighted by Gasteiger charge is -2.20. The first kappa shape index (κ1) is 15.9. The van der Waals surface area contributed by atoms with Gasteiger partial charge in [-0.15, -0.1) is 10.2 Å². The second-order valence-corrected chi connectivity index (χ2v) is 4.03. The number of anilines is 1. The van der Waals surface area contributed by atoms with Crippen molar-refractivity contribution >= 4 is 11.7 Å². The fourth-order valence-electron chi connectivity index (χ4n) is 1.59. The Morgan fingerprint density at radius 2 is 2.25 bits per heavy atom. The maximum atomic E-state index is 12.3. The van der Waals surface area contributed by atoms with E-state index in [-0.39, 0.29) is 18.0 Å². The summed E-state index contributed by atoms with van der Waals surface area (Å²) in [6, 6.07) is 5.36. The highest BCUT2D eigenvalue weighted by molar-refractivity contribution is 5.92. The summed E-state index contributed by atoms with van der Waals surface area (Å²) in [6.45, 7) is 3.89. The number of hydrogen-bond donors (Lipinski definition) is 1. The van der Waals surface area contributed by atoms with Gasteiger partial charge < -0.3 is 15.0 Å². The van der Waals surface area contributed by atoms with Crippen LogP contribution < -0.4 is 5.32 Å². The molecule has 7 heteroatoms. The molecule has 0 spiro atoms. The molecule has 0 unspecified atom stereocenters. The van der Waals surface area contributed by atoms with E-state index in [1.807, 2.05) is 13.0 Å². The molecule has 1 aromatic rings. The lowest BCUT2D eigenvalue weighted by molar-refractivity contribution is 0.0693. The van der Waals surface area contributed by atoms with Gasteiger partial charge in [-0.1, -0.05) is 0 Å². The van der Waals surface area contributed by atoms with Crippen LogP contribution in [0, 0.1) is 11.3 Å². The Hall–Kier alpha value is -2.20. The SMILES string of the molecule is CCNc1ccc(C(=O)N(CCC#N)CCOC)nn1. The summed E-state index contributed by atoms with van der Waals surface area (Å²) in [5.41, 5.74) is 0.265. The number of carbonyl (C=O) groups is 1. The highest BCUT2D eigenvalue weighted by Crippen LogP contribution is 2.05. The normalized spacial score (nSPS) is 9.85. The molecule has 0 aliphatic carbocycles. The molecule has 0 bridgehead atoms. The number of aromatic nitrogens is 2. The van der Waals surface area contributed by atoms with Crippen LogP contribution in [-0.2, 0) is 4.74 Å². The van der Waals surface area contributed by atoms with Crippen molar-refractivity contribution in [3.05, 3.63) is 17.8 Å². The molecule has 1 heterocycles. The summed E-state index contributed by atoms with van der Waals surface area (Å²) < 4.78 is 4.97. The van der Waals surface area contributed by atoms with E-state index >= 15 is 0 Å². The lowest BCUT2D eigenvalue weighted by Crippen LogP contribution is -2.35. The summed E-state index contributed by atoms with van der Waals surface area (Å²) >= 11 is 0. The molecule has 20 heavy (non-hydrogen) atoms. The highest BCUT2D eigenvalue weighted by atomic mass is 16.5. The Balaban J connectivity index is 2.74. The highest BCUT2D eigenvalue weighted by Gasteiger charge is 2.17. The van der Waals surface area contributed by atoms with Gasteiger partial charge in [0.15, 0.2) is 5.69 Å². The Morgan fingerprint density at radius 3 is 2.80 bits per heavy atom. The number of carbonyl (C=O) groups excluding carboxylic acids is 1. The van der Waals surface area contributed by atoms with Gasteiger partial charge in [-0.05, 0) is 19.1 Å². The van der Waals surface area contributed by atoms with Crippen LogP contribution in [0.1, 0.15) is 23.8 Å². The fraction of sp³-hybridized carbons (Fsp3) is 0.538. The van der Waals surface area contributed by atoms with Crippen LogP contribution in [-0.4, -0.2) is 54.4 Å². The minimum absolute atomic E-state index is 0.243. The number of ether oxygens (including phenoxy) is 1. The third-order valence-electron chi connectivity index (χ3n) is 2.59. The number of nitrogens with zero attached hydrogens (tertiary/aromatic N) is 4. The standard InChI is InChI=1S/C13H19N5O2/c1-3-15-12-6-5-11(16-17-12)13(19)18(8-4-7-14)9-10-20-2/h5-6H,3-4,8-10H2,1-2H3,(H,15,17). The number of nitrogens with one attached hydrogen (secondary N) is 1. The van der Waals surface area contributed by atoms with E-state index in [1.54, 1.807) is 24.1 Å². The van der Waals surface area contributed by atoms with Crippen LogP contribution in [0.25, 0.3) is 0 Å². The van der Waals surface area contributed by atoms with E-state index in [2.05, 4.69) is 15.5 Å². The molecular formula is C13H19N5O2. The predicted octanol–water partition coefficient (Wildman–Crippen LogP) is 0.911. The van der Waals surface area contributed by atoms with Gasteiger partial charge in [0.2, 0.25) is 0 Å². The van der Waals surface area contributed by atoms with Crippen molar-refractivity contribution in [3.8, 4) is 6.07 Å². The van der Waals surface area contributed by atoms with E-state index in [4.69, 9.17) is 10.00 Å². The molecular weight excluding hydrogens is 258 g/mol. The zero-order valence-corrected chi connectivity index (χ0v) is 11.8. The molecule has 0 aliphatic heterocycles. The zero-order chi connectivity index (χ0) is 14.8. The molecule has 0 aromatic carbocycles. The molecule has 1 rings (SSSR count). The summed E-state index contributed by atoms with van der Waals surface area (Å²) in [4.78, 5) is 13.8. The van der Waals surface area contributed by atoms with Crippen molar-refractivity contribution < 1.29 is 9.53 Å². The molecule has 1 amide bonds. The summed E-state index contributed by atoms with van der Waals surface area (Å²) in [6.07, 6.45) is 0.276. The summed E-state index contributed by atoms with van der Waals surface area (Å²) in [5.74, 6) is 0.386. The van der Waals surface area contributed by atoms with Gasteiger partial charge in [0.1, 0.15) is 5.82 Å². The first-order valence-electron chi connectivity index (χ1n) is 6.45. The molecule has 7 nitrogen and oxygen atoms in total. The first-order chi connectivity index (χ1) is 9.72. The smallest absolute Gasteiger partial charge is 0.274 e. The lowest BCUT2D eigenvalue weighted by atomic mass is 10.3. The van der Waals surface area contributed by atoms with E-state index < -0.39 is 0 Å². The van der Waals surface area contributed by atoms with Gasteiger partial charge in [-0.2, -0.15) is 5.26 Å². The second-order valence-electron chi connectivity index (χ2n) is 4.03.